The van der Waals surface area contributed by atoms with Gasteiger partial charge in [0.2, 0.25) is 0 Å². The summed E-state index contributed by atoms with van der Waals surface area (Å²) in [6.45, 7) is 2.45. The quantitative estimate of drug-likeness (QED) is 0.527. The summed E-state index contributed by atoms with van der Waals surface area (Å²) in [4.78, 5) is 12.7. The summed E-state index contributed by atoms with van der Waals surface area (Å²) < 4.78 is 53.7. The highest BCUT2D eigenvalue weighted by Gasteiger charge is 2.44. The van der Waals surface area contributed by atoms with E-state index in [1.165, 1.54) is 18.6 Å². The van der Waals surface area contributed by atoms with Crippen molar-refractivity contribution in [3.63, 3.8) is 0 Å². The van der Waals surface area contributed by atoms with Gasteiger partial charge in [0, 0.05) is 43.4 Å². The number of nitrogens with zero attached hydrogens (tertiary/aromatic N) is 7. The Morgan fingerprint density at radius 1 is 1.12 bits per heavy atom. The molecule has 0 radical (unpaired) electrons. The van der Waals surface area contributed by atoms with E-state index in [9.17, 15) is 17.6 Å². The minimum absolute atomic E-state index is 0.0243. The number of rotatable bonds is 5. The molecule has 2 saturated heterocycles. The van der Waals surface area contributed by atoms with Crippen molar-refractivity contribution < 1.29 is 17.6 Å². The fraction of sp³-hybridized carbons (Fsp3) is 0.478. The average Bonchev–Trinajstić information content (AvgIpc) is 3.47. The fourth-order valence-corrected chi connectivity index (χ4v) is 5.16. The molecule has 7 nitrogen and oxygen atoms in total. The molecule has 5 rings (SSSR count). The molecule has 0 N–H and O–H groups in total. The number of alkyl halides is 3. The standard InChI is InChI=1S/C23H23F4N7/c24-19-9-16(3-6-28)1-2-17(19)10-32-7-4-22(12-32)5-8-33(13-22)21-18-11-34(14-23(25,26)27)31-20(18)29-15-30-21/h1-2,9,11,15H,3-5,7-8,10,12-14H2. The van der Waals surface area contributed by atoms with E-state index in [4.69, 9.17) is 5.26 Å². The molecule has 2 fully saturated rings. The van der Waals surface area contributed by atoms with Crippen molar-refractivity contribution in [3.8, 4) is 6.07 Å². The minimum Gasteiger partial charge on any atom is -0.355 e. The maximum absolute atomic E-state index is 14.5. The van der Waals surface area contributed by atoms with Crippen molar-refractivity contribution in [1.82, 2.24) is 24.6 Å². The first-order chi connectivity index (χ1) is 16.2. The first-order valence-corrected chi connectivity index (χ1v) is 11.1. The summed E-state index contributed by atoms with van der Waals surface area (Å²) in [6.07, 6.45) is 0.409. The van der Waals surface area contributed by atoms with Crippen LogP contribution in [-0.4, -0.2) is 57.0 Å². The number of benzene rings is 1. The molecule has 1 aromatic carbocycles. The van der Waals surface area contributed by atoms with Crippen LogP contribution in [0.1, 0.15) is 24.0 Å². The van der Waals surface area contributed by atoms with Crippen LogP contribution in [0.25, 0.3) is 11.0 Å². The topological polar surface area (TPSA) is 73.9 Å². The maximum Gasteiger partial charge on any atom is 0.408 e. The van der Waals surface area contributed by atoms with E-state index >= 15 is 0 Å². The van der Waals surface area contributed by atoms with Crippen molar-refractivity contribution >= 4 is 16.9 Å². The third kappa shape index (κ3) is 4.55. The van der Waals surface area contributed by atoms with Gasteiger partial charge in [-0.1, -0.05) is 12.1 Å². The molecule has 2 aliphatic rings. The first-order valence-electron chi connectivity index (χ1n) is 11.1. The number of aromatic nitrogens is 4. The van der Waals surface area contributed by atoms with E-state index in [1.54, 1.807) is 12.1 Å². The van der Waals surface area contributed by atoms with E-state index in [1.807, 2.05) is 6.07 Å². The lowest BCUT2D eigenvalue weighted by atomic mass is 9.86. The van der Waals surface area contributed by atoms with Crippen LogP contribution >= 0.6 is 0 Å². The molecule has 0 aliphatic carbocycles. The first kappa shape index (κ1) is 22.5. The average molecular weight is 473 g/mol. The van der Waals surface area contributed by atoms with Gasteiger partial charge in [0.15, 0.2) is 5.65 Å². The van der Waals surface area contributed by atoms with Crippen molar-refractivity contribution in [3.05, 3.63) is 47.7 Å². The molecule has 178 valence electrons. The van der Waals surface area contributed by atoms with Crippen molar-refractivity contribution in [1.29, 1.82) is 5.26 Å². The molecule has 1 atom stereocenters. The summed E-state index contributed by atoms with van der Waals surface area (Å²) in [5, 5.41) is 13.3. The number of likely N-dealkylation sites (tertiary alicyclic amines) is 1. The van der Waals surface area contributed by atoms with Gasteiger partial charge in [-0.25, -0.2) is 14.4 Å². The van der Waals surface area contributed by atoms with Crippen LogP contribution < -0.4 is 4.90 Å². The van der Waals surface area contributed by atoms with Crippen LogP contribution in [-0.2, 0) is 19.5 Å². The summed E-state index contributed by atoms with van der Waals surface area (Å²) >= 11 is 0. The van der Waals surface area contributed by atoms with Crippen molar-refractivity contribution in [2.24, 2.45) is 5.41 Å². The highest BCUT2D eigenvalue weighted by atomic mass is 19.4. The summed E-state index contributed by atoms with van der Waals surface area (Å²) in [5.74, 6) is 0.314. The molecule has 0 bridgehead atoms. The Bertz CT molecular complexity index is 1250. The predicted octanol–water partition coefficient (Wildman–Crippen LogP) is 3.70. The molecule has 1 unspecified atom stereocenters. The summed E-state index contributed by atoms with van der Waals surface area (Å²) in [5.41, 5.74) is 1.56. The Balaban J connectivity index is 1.28. The van der Waals surface area contributed by atoms with E-state index in [0.717, 1.165) is 43.7 Å². The lowest BCUT2D eigenvalue weighted by Gasteiger charge is -2.25. The Morgan fingerprint density at radius 2 is 1.94 bits per heavy atom. The highest BCUT2D eigenvalue weighted by Crippen LogP contribution is 2.42. The lowest BCUT2D eigenvalue weighted by Crippen LogP contribution is -2.31. The van der Waals surface area contributed by atoms with Crippen LogP contribution in [0.5, 0.6) is 0 Å². The second-order valence-electron chi connectivity index (χ2n) is 9.27. The number of halogens is 4. The Morgan fingerprint density at radius 3 is 2.71 bits per heavy atom. The van der Waals surface area contributed by atoms with Crippen LogP contribution in [0.3, 0.4) is 0 Å². The molecule has 0 saturated carbocycles. The molecule has 2 aromatic heterocycles. The zero-order valence-corrected chi connectivity index (χ0v) is 18.4. The molecule has 1 spiro atoms. The van der Waals surface area contributed by atoms with Gasteiger partial charge in [0.1, 0.15) is 24.5 Å². The molecule has 34 heavy (non-hydrogen) atoms. The zero-order valence-electron chi connectivity index (χ0n) is 18.4. The second kappa shape index (κ2) is 8.51. The minimum atomic E-state index is -4.36. The molecule has 2 aliphatic heterocycles. The largest absolute Gasteiger partial charge is 0.408 e. The number of nitriles is 1. The van der Waals surface area contributed by atoms with Gasteiger partial charge in [-0.05, 0) is 31.0 Å². The van der Waals surface area contributed by atoms with E-state index in [0.29, 0.717) is 28.9 Å². The summed E-state index contributed by atoms with van der Waals surface area (Å²) in [7, 11) is 0. The molecule has 3 aromatic rings. The van der Waals surface area contributed by atoms with Gasteiger partial charge >= 0.3 is 6.18 Å². The highest BCUT2D eigenvalue weighted by molar-refractivity contribution is 5.86. The van der Waals surface area contributed by atoms with Crippen LogP contribution in [0.15, 0.2) is 30.7 Å². The molecular formula is C23H23F4N7. The lowest BCUT2D eigenvalue weighted by molar-refractivity contribution is -0.142. The van der Waals surface area contributed by atoms with Gasteiger partial charge in [-0.2, -0.15) is 23.5 Å². The number of hydrogen-bond acceptors (Lipinski definition) is 6. The van der Waals surface area contributed by atoms with Gasteiger partial charge in [-0.3, -0.25) is 9.58 Å². The molecule has 11 heteroatoms. The normalized spacial score (nSPS) is 21.1. The second-order valence-corrected chi connectivity index (χ2v) is 9.27. The number of fused-ring (bicyclic) bond motifs is 1. The van der Waals surface area contributed by atoms with Crippen molar-refractivity contribution in [2.45, 2.75) is 38.5 Å². The summed E-state index contributed by atoms with van der Waals surface area (Å²) in [6, 6.07) is 7.01. The Kier molecular flexibility index (Phi) is 5.64. The predicted molar refractivity (Wildman–Crippen MR) is 116 cm³/mol. The van der Waals surface area contributed by atoms with Gasteiger partial charge in [0.05, 0.1) is 17.9 Å². The Labute approximate surface area is 193 Å². The zero-order chi connectivity index (χ0) is 23.9. The third-order valence-electron chi connectivity index (χ3n) is 6.73. The van der Waals surface area contributed by atoms with Crippen LogP contribution in [0.4, 0.5) is 23.4 Å². The number of hydrogen-bond donors (Lipinski definition) is 0. The van der Waals surface area contributed by atoms with E-state index in [2.05, 4.69) is 24.9 Å². The van der Waals surface area contributed by atoms with E-state index < -0.39 is 12.7 Å². The van der Waals surface area contributed by atoms with Crippen LogP contribution in [0, 0.1) is 22.6 Å². The Hall–Kier alpha value is -3.26. The van der Waals surface area contributed by atoms with E-state index in [-0.39, 0.29) is 23.3 Å². The molecular weight excluding hydrogens is 450 g/mol. The van der Waals surface area contributed by atoms with Gasteiger partial charge < -0.3 is 4.90 Å². The maximum atomic E-state index is 14.5. The van der Waals surface area contributed by atoms with Crippen LogP contribution in [0.2, 0.25) is 0 Å². The number of anilines is 1. The smallest absolute Gasteiger partial charge is 0.355 e. The SMILES string of the molecule is N#CCc1ccc(CN2CCC3(CCN(c4ncnc5nn(CC(F)(F)F)cc45)C3)C2)c(F)c1. The van der Waals surface area contributed by atoms with Crippen molar-refractivity contribution in [2.75, 3.05) is 31.1 Å². The fourth-order valence-electron chi connectivity index (χ4n) is 5.16. The third-order valence-corrected chi connectivity index (χ3v) is 6.73. The molecule has 0 amide bonds. The van der Waals surface area contributed by atoms with Gasteiger partial charge in [-0.15, -0.1) is 0 Å². The molecule has 4 heterocycles. The monoisotopic (exact) mass is 473 g/mol. The van der Waals surface area contributed by atoms with Gasteiger partial charge in [0.25, 0.3) is 0 Å².